The SMILES string of the molecule is C[C@H](OC(=O)c1cn(C)nc1-c1ccc2c(c1)OCCCO2)C(=O)Nc1cccc(C#N)c1. The van der Waals surface area contributed by atoms with E-state index in [1.165, 1.54) is 17.7 Å². The molecular formula is C24H22N4O5. The monoisotopic (exact) mass is 446 g/mol. The Kier molecular flexibility index (Phi) is 6.26. The Labute approximate surface area is 190 Å². The summed E-state index contributed by atoms with van der Waals surface area (Å²) in [5.74, 6) is 0.0301. The lowest BCUT2D eigenvalue weighted by molar-refractivity contribution is -0.123. The largest absolute Gasteiger partial charge is 0.490 e. The van der Waals surface area contributed by atoms with Gasteiger partial charge >= 0.3 is 5.97 Å². The second-order valence-corrected chi connectivity index (χ2v) is 7.51. The standard InChI is InChI=1S/C24H22N4O5/c1-15(23(29)26-18-6-3-5-16(11-18)13-25)33-24(30)19-14-28(2)27-22(19)17-7-8-20-21(12-17)32-10-4-9-31-20/h3,5-8,11-12,14-15H,4,9-10H2,1-2H3,(H,26,29)/t15-/m0/s1. The average molecular weight is 446 g/mol. The van der Waals surface area contributed by atoms with Crippen LogP contribution in [-0.2, 0) is 16.6 Å². The summed E-state index contributed by atoms with van der Waals surface area (Å²) in [5.41, 5.74) is 2.15. The smallest absolute Gasteiger partial charge is 0.342 e. The third-order valence-corrected chi connectivity index (χ3v) is 4.98. The van der Waals surface area contributed by atoms with E-state index in [0.717, 1.165) is 6.42 Å². The fraction of sp³-hybridized carbons (Fsp3) is 0.250. The molecular weight excluding hydrogens is 424 g/mol. The number of ether oxygens (including phenoxy) is 3. The molecule has 0 saturated heterocycles. The number of hydrogen-bond acceptors (Lipinski definition) is 7. The van der Waals surface area contributed by atoms with Crippen molar-refractivity contribution in [1.82, 2.24) is 9.78 Å². The zero-order chi connectivity index (χ0) is 23.4. The van der Waals surface area contributed by atoms with E-state index < -0.39 is 18.0 Å². The number of fused-ring (bicyclic) bond motifs is 1. The van der Waals surface area contributed by atoms with Crippen LogP contribution in [-0.4, -0.2) is 41.0 Å². The maximum atomic E-state index is 12.9. The number of aromatic nitrogens is 2. The van der Waals surface area contributed by atoms with E-state index in [0.29, 0.717) is 47.2 Å². The molecule has 3 aromatic rings. The Morgan fingerprint density at radius 2 is 1.97 bits per heavy atom. The van der Waals surface area contributed by atoms with Crippen LogP contribution < -0.4 is 14.8 Å². The van der Waals surface area contributed by atoms with E-state index in [4.69, 9.17) is 19.5 Å². The molecule has 1 aliphatic heterocycles. The third-order valence-electron chi connectivity index (χ3n) is 4.98. The number of aryl methyl sites for hydroxylation is 1. The van der Waals surface area contributed by atoms with Crippen molar-refractivity contribution in [2.45, 2.75) is 19.4 Å². The number of carbonyl (C=O) groups is 2. The number of nitrogens with zero attached hydrogens (tertiary/aromatic N) is 3. The summed E-state index contributed by atoms with van der Waals surface area (Å²) >= 11 is 0. The Bertz CT molecular complexity index is 1240. The van der Waals surface area contributed by atoms with Gasteiger partial charge in [-0.05, 0) is 43.3 Å². The summed E-state index contributed by atoms with van der Waals surface area (Å²) in [6, 6.07) is 13.8. The van der Waals surface area contributed by atoms with Crippen LogP contribution in [0.1, 0.15) is 29.3 Å². The highest BCUT2D eigenvalue weighted by atomic mass is 16.5. The molecule has 0 saturated carbocycles. The van der Waals surface area contributed by atoms with Crippen LogP contribution >= 0.6 is 0 Å². The Hall–Kier alpha value is -4.32. The van der Waals surface area contributed by atoms with Crippen LogP contribution in [0.25, 0.3) is 11.3 Å². The van der Waals surface area contributed by atoms with E-state index in [-0.39, 0.29) is 5.56 Å². The number of carbonyl (C=O) groups excluding carboxylic acids is 2. The quantitative estimate of drug-likeness (QED) is 0.598. The third kappa shape index (κ3) is 4.96. The van der Waals surface area contributed by atoms with Crippen molar-refractivity contribution in [3.63, 3.8) is 0 Å². The van der Waals surface area contributed by atoms with Crippen LogP contribution in [0.2, 0.25) is 0 Å². The van der Waals surface area contributed by atoms with Gasteiger partial charge in [0.15, 0.2) is 17.6 Å². The maximum Gasteiger partial charge on any atom is 0.342 e. The molecule has 0 fully saturated rings. The van der Waals surface area contributed by atoms with Crippen molar-refractivity contribution in [3.05, 3.63) is 59.8 Å². The van der Waals surface area contributed by atoms with Crippen molar-refractivity contribution < 1.29 is 23.8 Å². The summed E-state index contributed by atoms with van der Waals surface area (Å²) in [7, 11) is 1.70. The number of amides is 1. The lowest BCUT2D eigenvalue weighted by Crippen LogP contribution is -2.30. The van der Waals surface area contributed by atoms with Gasteiger partial charge in [-0.2, -0.15) is 10.4 Å². The molecule has 9 nitrogen and oxygen atoms in total. The van der Waals surface area contributed by atoms with Gasteiger partial charge in [-0.15, -0.1) is 0 Å². The molecule has 0 radical (unpaired) electrons. The number of esters is 1. The molecule has 1 aromatic heterocycles. The fourth-order valence-electron chi connectivity index (χ4n) is 3.35. The first-order chi connectivity index (χ1) is 15.9. The second kappa shape index (κ2) is 9.44. The summed E-state index contributed by atoms with van der Waals surface area (Å²) < 4.78 is 18.3. The van der Waals surface area contributed by atoms with Gasteiger partial charge in [0.1, 0.15) is 11.3 Å². The van der Waals surface area contributed by atoms with Gasteiger partial charge in [0, 0.05) is 30.9 Å². The first kappa shape index (κ1) is 21.9. The summed E-state index contributed by atoms with van der Waals surface area (Å²) in [6.45, 7) is 2.59. The van der Waals surface area contributed by atoms with E-state index in [1.807, 2.05) is 6.07 Å². The van der Waals surface area contributed by atoms with Crippen molar-refractivity contribution in [1.29, 1.82) is 5.26 Å². The highest BCUT2D eigenvalue weighted by molar-refractivity contribution is 6.00. The van der Waals surface area contributed by atoms with Crippen molar-refractivity contribution >= 4 is 17.6 Å². The van der Waals surface area contributed by atoms with Gasteiger partial charge in [0.2, 0.25) is 0 Å². The van der Waals surface area contributed by atoms with Crippen LogP contribution in [0.5, 0.6) is 11.5 Å². The zero-order valence-corrected chi connectivity index (χ0v) is 18.2. The predicted octanol–water partition coefficient (Wildman–Crippen LogP) is 3.30. The van der Waals surface area contributed by atoms with Gasteiger partial charge in [-0.3, -0.25) is 9.48 Å². The first-order valence-corrected chi connectivity index (χ1v) is 10.4. The van der Waals surface area contributed by atoms with Crippen LogP contribution in [0, 0.1) is 11.3 Å². The maximum absolute atomic E-state index is 12.9. The molecule has 0 unspecified atom stereocenters. The molecule has 0 bridgehead atoms. The Morgan fingerprint density at radius 1 is 1.18 bits per heavy atom. The molecule has 2 heterocycles. The Balaban J connectivity index is 1.51. The van der Waals surface area contributed by atoms with Crippen molar-refractivity contribution in [2.24, 2.45) is 7.05 Å². The molecule has 1 amide bonds. The molecule has 2 aromatic carbocycles. The number of benzene rings is 2. The lowest BCUT2D eigenvalue weighted by Gasteiger charge is -2.14. The van der Waals surface area contributed by atoms with E-state index in [2.05, 4.69) is 10.4 Å². The summed E-state index contributed by atoms with van der Waals surface area (Å²) in [4.78, 5) is 25.4. The summed E-state index contributed by atoms with van der Waals surface area (Å²) in [5, 5.41) is 16.0. The minimum absolute atomic E-state index is 0.220. The topological polar surface area (TPSA) is 115 Å². The Morgan fingerprint density at radius 3 is 2.76 bits per heavy atom. The molecule has 1 aliphatic rings. The van der Waals surface area contributed by atoms with Gasteiger partial charge in [0.25, 0.3) is 5.91 Å². The number of nitrogens with one attached hydrogen (secondary N) is 1. The van der Waals surface area contributed by atoms with Gasteiger partial charge < -0.3 is 19.5 Å². The molecule has 168 valence electrons. The molecule has 33 heavy (non-hydrogen) atoms. The van der Waals surface area contributed by atoms with Crippen molar-refractivity contribution in [3.8, 4) is 28.8 Å². The van der Waals surface area contributed by atoms with Gasteiger partial charge in [-0.1, -0.05) is 6.07 Å². The number of hydrogen-bond donors (Lipinski definition) is 1. The average Bonchev–Trinajstić information content (AvgIpc) is 3.05. The number of nitriles is 1. The molecule has 0 spiro atoms. The second-order valence-electron chi connectivity index (χ2n) is 7.51. The molecule has 0 aliphatic carbocycles. The van der Waals surface area contributed by atoms with E-state index >= 15 is 0 Å². The van der Waals surface area contributed by atoms with Crippen LogP contribution in [0.3, 0.4) is 0 Å². The predicted molar refractivity (Wildman–Crippen MR) is 119 cm³/mol. The molecule has 4 rings (SSSR count). The van der Waals surface area contributed by atoms with Gasteiger partial charge in [0.05, 0.1) is 24.8 Å². The van der Waals surface area contributed by atoms with Crippen LogP contribution in [0.4, 0.5) is 5.69 Å². The number of anilines is 1. The minimum atomic E-state index is -1.07. The summed E-state index contributed by atoms with van der Waals surface area (Å²) in [6.07, 6.45) is 1.26. The fourth-order valence-corrected chi connectivity index (χ4v) is 3.35. The highest BCUT2D eigenvalue weighted by Crippen LogP contribution is 2.35. The van der Waals surface area contributed by atoms with Crippen molar-refractivity contribution in [2.75, 3.05) is 18.5 Å². The van der Waals surface area contributed by atoms with Gasteiger partial charge in [-0.25, -0.2) is 4.79 Å². The highest BCUT2D eigenvalue weighted by Gasteiger charge is 2.24. The zero-order valence-electron chi connectivity index (χ0n) is 18.2. The normalized spacial score (nSPS) is 13.4. The minimum Gasteiger partial charge on any atom is -0.490 e. The van der Waals surface area contributed by atoms with E-state index in [1.54, 1.807) is 49.6 Å². The lowest BCUT2D eigenvalue weighted by atomic mass is 10.1. The molecule has 1 atom stereocenters. The number of rotatable bonds is 5. The molecule has 1 N–H and O–H groups in total. The van der Waals surface area contributed by atoms with Crippen LogP contribution in [0.15, 0.2) is 48.7 Å². The first-order valence-electron chi connectivity index (χ1n) is 10.4. The van der Waals surface area contributed by atoms with E-state index in [9.17, 15) is 9.59 Å². The molecule has 9 heteroatoms.